The minimum Gasteiger partial charge on any atom is -0.490 e. The Balaban J connectivity index is 2.04. The van der Waals surface area contributed by atoms with Crippen molar-refractivity contribution in [3.8, 4) is 11.5 Å². The quantitative estimate of drug-likeness (QED) is 0.418. The molecule has 0 heterocycles. The Morgan fingerprint density at radius 2 is 1.42 bits per heavy atom. The van der Waals surface area contributed by atoms with E-state index in [2.05, 4.69) is 0 Å². The van der Waals surface area contributed by atoms with Crippen molar-refractivity contribution < 1.29 is 28.3 Å². The van der Waals surface area contributed by atoms with Crippen molar-refractivity contribution >= 4 is 39.4 Å². The zero-order chi connectivity index (χ0) is 23.0. The van der Waals surface area contributed by atoms with E-state index in [0.717, 1.165) is 5.41 Å². The number of allylic oxidation sites excluding steroid dienone is 1. The first-order valence-electron chi connectivity index (χ1n) is 8.69. The van der Waals surface area contributed by atoms with Crippen LogP contribution in [0.3, 0.4) is 0 Å². The van der Waals surface area contributed by atoms with Crippen molar-refractivity contribution in [1.82, 2.24) is 0 Å². The number of benzene rings is 2. The van der Waals surface area contributed by atoms with Crippen LogP contribution in [0.2, 0.25) is 0 Å². The van der Waals surface area contributed by atoms with Crippen LogP contribution in [0.15, 0.2) is 47.9 Å². The maximum absolute atomic E-state index is 12.1. The molecule has 0 spiro atoms. The van der Waals surface area contributed by atoms with Gasteiger partial charge in [-0.1, -0.05) is 24.3 Å². The molecule has 0 saturated carbocycles. The maximum atomic E-state index is 12.1. The number of nitrogens with zero attached hydrogens (tertiary/aromatic N) is 2. The average molecular weight is 446 g/mol. The Hall–Kier alpha value is -3.86. The van der Waals surface area contributed by atoms with Crippen LogP contribution in [-0.2, 0) is 15.6 Å². The van der Waals surface area contributed by atoms with Crippen molar-refractivity contribution in [2.75, 3.05) is 14.2 Å². The van der Waals surface area contributed by atoms with E-state index < -0.39 is 25.8 Å². The van der Waals surface area contributed by atoms with Gasteiger partial charge in [-0.3, -0.25) is 25.0 Å². The van der Waals surface area contributed by atoms with Crippen molar-refractivity contribution in [2.45, 2.75) is 6.42 Å². The molecule has 31 heavy (non-hydrogen) atoms. The summed E-state index contributed by atoms with van der Waals surface area (Å²) in [6, 6.07) is 8.50. The molecule has 162 valence electrons. The number of rotatable bonds is 9. The molecule has 2 aromatic rings. The minimum atomic E-state index is -1.96. The van der Waals surface area contributed by atoms with Gasteiger partial charge in [0.2, 0.25) is 5.12 Å². The molecule has 0 amide bonds. The highest BCUT2D eigenvalue weighted by molar-refractivity contribution is 8.03. The number of nitro groups is 2. The number of methoxy groups -OCH3 is 2. The maximum Gasteiger partial charge on any atom is 0.311 e. The number of carbonyl (C=O) groups is 1. The van der Waals surface area contributed by atoms with Gasteiger partial charge in [0.15, 0.2) is 11.5 Å². The van der Waals surface area contributed by atoms with E-state index in [0.29, 0.717) is 11.1 Å². The number of carbonyl (C=O) groups excluding carboxylic acids is 1. The fourth-order valence-corrected chi connectivity index (χ4v) is 3.19. The van der Waals surface area contributed by atoms with Gasteiger partial charge in [0.1, 0.15) is 10.8 Å². The van der Waals surface area contributed by atoms with Crippen LogP contribution >= 0.6 is 0 Å². The van der Waals surface area contributed by atoms with Crippen molar-refractivity contribution in [1.29, 1.82) is 0 Å². The number of nitro benzene ring substituents is 2. The van der Waals surface area contributed by atoms with Crippen molar-refractivity contribution in [3.63, 3.8) is 0 Å². The normalized spacial score (nSPS) is 12.1. The van der Waals surface area contributed by atoms with Crippen LogP contribution in [0.1, 0.15) is 17.5 Å². The molecule has 0 saturated heterocycles. The fraction of sp³-hybridized carbons (Fsp3) is 0.150. The highest BCUT2D eigenvalue weighted by atomic mass is 32.2. The Bertz CT molecular complexity index is 1090. The van der Waals surface area contributed by atoms with Gasteiger partial charge < -0.3 is 9.47 Å². The standard InChI is InChI=1S/C20H18N2O8S/c1-29-18-8-6-14(12-16(18)21(24)25)4-3-5-20(23)31(28)11-10-15-7-9-19(30-2)17(13-15)22(26)27/h3-4,6-13H,5H2,1-2H3. The molecule has 0 aromatic heterocycles. The molecule has 1 unspecified atom stereocenters. The molecule has 0 aliphatic heterocycles. The highest BCUT2D eigenvalue weighted by Gasteiger charge is 2.15. The minimum absolute atomic E-state index is 0.0863. The van der Waals surface area contributed by atoms with Gasteiger partial charge in [-0.15, -0.1) is 0 Å². The summed E-state index contributed by atoms with van der Waals surface area (Å²) < 4.78 is 21.9. The van der Waals surface area contributed by atoms with Gasteiger partial charge in [-0.25, -0.2) is 4.21 Å². The van der Waals surface area contributed by atoms with E-state index in [9.17, 15) is 29.2 Å². The Morgan fingerprint density at radius 3 is 1.87 bits per heavy atom. The SMILES string of the molecule is COc1ccc(C=CCC(=O)S(=O)C=Cc2ccc(OC)c([N+](=O)[O-])c2)cc1[N+](=O)[O-]. The summed E-state index contributed by atoms with van der Waals surface area (Å²) in [5.41, 5.74) is 0.399. The van der Waals surface area contributed by atoms with Crippen LogP contribution in [-0.4, -0.2) is 33.4 Å². The molecule has 0 fully saturated rings. The average Bonchev–Trinajstić information content (AvgIpc) is 2.76. The van der Waals surface area contributed by atoms with Crippen LogP contribution in [0, 0.1) is 20.2 Å². The molecule has 11 heteroatoms. The summed E-state index contributed by atoms with van der Waals surface area (Å²) in [6.45, 7) is 0. The van der Waals surface area contributed by atoms with Gasteiger partial charge >= 0.3 is 11.4 Å². The molecule has 1 atom stereocenters. The van der Waals surface area contributed by atoms with Crippen molar-refractivity contribution in [3.05, 3.63) is 79.2 Å². The molecule has 0 bridgehead atoms. The molecule has 10 nitrogen and oxygen atoms in total. The topological polar surface area (TPSA) is 139 Å². The zero-order valence-corrected chi connectivity index (χ0v) is 17.4. The predicted octanol–water partition coefficient (Wildman–Crippen LogP) is 3.87. The second-order valence-electron chi connectivity index (χ2n) is 5.96. The number of ether oxygens (including phenoxy) is 2. The van der Waals surface area contributed by atoms with E-state index in [1.165, 1.54) is 62.8 Å². The summed E-state index contributed by atoms with van der Waals surface area (Å²) in [5.74, 6) is 0.200. The smallest absolute Gasteiger partial charge is 0.311 e. The molecular weight excluding hydrogens is 428 g/mol. The van der Waals surface area contributed by atoms with Gasteiger partial charge in [0, 0.05) is 24.0 Å². The summed E-state index contributed by atoms with van der Waals surface area (Å²) in [5, 5.41) is 22.6. The zero-order valence-electron chi connectivity index (χ0n) is 16.5. The molecular formula is C20H18N2O8S. The van der Waals surface area contributed by atoms with E-state index >= 15 is 0 Å². The summed E-state index contributed by atoms with van der Waals surface area (Å²) in [7, 11) is 0.667. The third kappa shape index (κ3) is 6.31. The Kier molecular flexibility index (Phi) is 8.15. The van der Waals surface area contributed by atoms with Crippen LogP contribution in [0.5, 0.6) is 11.5 Å². The molecule has 0 radical (unpaired) electrons. The number of hydrogen-bond acceptors (Lipinski definition) is 8. The van der Waals surface area contributed by atoms with E-state index in [4.69, 9.17) is 9.47 Å². The lowest BCUT2D eigenvalue weighted by Crippen LogP contribution is -2.02. The number of hydrogen-bond donors (Lipinski definition) is 0. The second kappa shape index (κ2) is 10.8. The van der Waals surface area contributed by atoms with Crippen LogP contribution < -0.4 is 9.47 Å². The third-order valence-electron chi connectivity index (χ3n) is 4.00. The summed E-state index contributed by atoms with van der Waals surface area (Å²) in [4.78, 5) is 32.9. The van der Waals surface area contributed by atoms with E-state index in [1.54, 1.807) is 6.07 Å². The summed E-state index contributed by atoms with van der Waals surface area (Å²) in [6.07, 6.45) is 4.12. The molecule has 0 aliphatic rings. The third-order valence-corrected chi connectivity index (χ3v) is 5.00. The highest BCUT2D eigenvalue weighted by Crippen LogP contribution is 2.29. The molecule has 2 rings (SSSR count). The van der Waals surface area contributed by atoms with Gasteiger partial charge in [0.05, 0.1) is 24.1 Å². The lowest BCUT2D eigenvalue weighted by Gasteiger charge is -2.02. The predicted molar refractivity (Wildman–Crippen MR) is 115 cm³/mol. The Morgan fingerprint density at radius 1 is 0.935 bits per heavy atom. The van der Waals surface area contributed by atoms with Crippen LogP contribution in [0.25, 0.3) is 12.2 Å². The van der Waals surface area contributed by atoms with E-state index in [-0.39, 0.29) is 29.3 Å². The lowest BCUT2D eigenvalue weighted by molar-refractivity contribution is -0.385. The first-order chi connectivity index (χ1) is 14.8. The molecule has 0 N–H and O–H groups in total. The molecule has 0 aliphatic carbocycles. The van der Waals surface area contributed by atoms with E-state index in [1.807, 2.05) is 0 Å². The lowest BCUT2D eigenvalue weighted by atomic mass is 10.1. The monoisotopic (exact) mass is 446 g/mol. The second-order valence-corrected chi connectivity index (χ2v) is 7.28. The fourth-order valence-electron chi connectivity index (χ4n) is 2.50. The Labute approximate surface area is 179 Å². The first-order valence-corrected chi connectivity index (χ1v) is 9.91. The first kappa shape index (κ1) is 23.4. The molecule has 2 aromatic carbocycles. The van der Waals surface area contributed by atoms with Gasteiger partial charge in [0.25, 0.3) is 0 Å². The van der Waals surface area contributed by atoms with Crippen molar-refractivity contribution in [2.24, 2.45) is 0 Å². The largest absolute Gasteiger partial charge is 0.490 e. The van der Waals surface area contributed by atoms with Gasteiger partial charge in [-0.05, 0) is 29.3 Å². The van der Waals surface area contributed by atoms with Gasteiger partial charge in [-0.2, -0.15) is 0 Å². The summed E-state index contributed by atoms with van der Waals surface area (Å²) >= 11 is 0. The van der Waals surface area contributed by atoms with Crippen LogP contribution in [0.4, 0.5) is 11.4 Å².